The maximum atomic E-state index is 12.1. The molecule has 5 nitrogen and oxygen atoms in total. The van der Waals surface area contributed by atoms with Crippen LogP contribution >= 0.6 is 0 Å². The summed E-state index contributed by atoms with van der Waals surface area (Å²) in [7, 11) is 0. The van der Waals surface area contributed by atoms with Gasteiger partial charge in [-0.2, -0.15) is 0 Å². The molecule has 2 rings (SSSR count). The van der Waals surface area contributed by atoms with E-state index in [9.17, 15) is 14.7 Å². The zero-order chi connectivity index (χ0) is 15.3. The number of amides is 1. The number of carboxylic acids is 1. The molecule has 0 aromatic heterocycles. The van der Waals surface area contributed by atoms with Gasteiger partial charge in [-0.1, -0.05) is 31.4 Å². The van der Waals surface area contributed by atoms with Crippen LogP contribution in [0.1, 0.15) is 44.1 Å². The zero-order valence-corrected chi connectivity index (χ0v) is 12.1. The topological polar surface area (TPSA) is 92.4 Å². The highest BCUT2D eigenvalue weighted by molar-refractivity contribution is 5.87. The molecule has 5 heteroatoms. The Balaban J connectivity index is 1.92. The maximum Gasteiger partial charge on any atom is 0.329 e. The number of benzene rings is 1. The molecule has 1 aliphatic rings. The van der Waals surface area contributed by atoms with Crippen LogP contribution in [0, 0.1) is 0 Å². The first-order valence-corrected chi connectivity index (χ1v) is 7.41. The first kappa shape index (κ1) is 15.4. The minimum Gasteiger partial charge on any atom is -0.480 e. The molecular formula is C16H22N2O3. The number of carbonyl (C=O) groups excluding carboxylic acids is 1. The fourth-order valence-corrected chi connectivity index (χ4v) is 2.88. The summed E-state index contributed by atoms with van der Waals surface area (Å²) >= 11 is 0. The Labute approximate surface area is 124 Å². The molecule has 1 aromatic rings. The fraction of sp³-hybridized carbons (Fsp3) is 0.500. The van der Waals surface area contributed by atoms with Gasteiger partial charge < -0.3 is 16.2 Å². The molecule has 0 heterocycles. The van der Waals surface area contributed by atoms with Crippen LogP contribution in [0.5, 0.6) is 0 Å². The minimum atomic E-state index is -1.06. The molecule has 0 saturated heterocycles. The van der Waals surface area contributed by atoms with Crippen LogP contribution in [-0.4, -0.2) is 22.5 Å². The van der Waals surface area contributed by atoms with Crippen molar-refractivity contribution in [2.45, 2.75) is 50.5 Å². The molecule has 0 bridgehead atoms. The average molecular weight is 290 g/mol. The van der Waals surface area contributed by atoms with Crippen molar-refractivity contribution in [1.29, 1.82) is 0 Å². The van der Waals surface area contributed by atoms with Gasteiger partial charge in [0, 0.05) is 12.1 Å². The lowest BCUT2D eigenvalue weighted by molar-refractivity contribution is -0.149. The Morgan fingerprint density at radius 1 is 1.24 bits per heavy atom. The van der Waals surface area contributed by atoms with E-state index in [1.54, 1.807) is 6.07 Å². The Morgan fingerprint density at radius 2 is 1.95 bits per heavy atom. The quantitative estimate of drug-likeness (QED) is 0.724. The first-order valence-electron chi connectivity index (χ1n) is 7.41. The Morgan fingerprint density at radius 3 is 2.57 bits per heavy atom. The van der Waals surface area contributed by atoms with Gasteiger partial charge in [-0.25, -0.2) is 4.79 Å². The standard InChI is InChI=1S/C16H22N2O3/c17-13-6-4-5-12(11-13)7-8-14(19)18-16(15(20)21)9-2-1-3-10-16/h4-6,11H,1-3,7-10,17H2,(H,18,19)(H,20,21). The van der Waals surface area contributed by atoms with Gasteiger partial charge in [0.15, 0.2) is 0 Å². The highest BCUT2D eigenvalue weighted by Gasteiger charge is 2.40. The third-order valence-electron chi connectivity index (χ3n) is 4.09. The van der Waals surface area contributed by atoms with E-state index >= 15 is 0 Å². The van der Waals surface area contributed by atoms with E-state index in [1.807, 2.05) is 18.2 Å². The number of hydrogen-bond acceptors (Lipinski definition) is 3. The number of aliphatic carboxylic acids is 1. The lowest BCUT2D eigenvalue weighted by Crippen LogP contribution is -2.55. The molecular weight excluding hydrogens is 268 g/mol. The van der Waals surface area contributed by atoms with Crippen molar-refractivity contribution < 1.29 is 14.7 Å². The number of rotatable bonds is 5. The van der Waals surface area contributed by atoms with Crippen molar-refractivity contribution in [1.82, 2.24) is 5.32 Å². The Bertz CT molecular complexity index is 522. The summed E-state index contributed by atoms with van der Waals surface area (Å²) in [5.74, 6) is -1.12. The van der Waals surface area contributed by atoms with Crippen LogP contribution in [0.15, 0.2) is 24.3 Å². The maximum absolute atomic E-state index is 12.1. The van der Waals surface area contributed by atoms with Gasteiger partial charge in [0.1, 0.15) is 5.54 Å². The van der Waals surface area contributed by atoms with Crippen LogP contribution in [0.3, 0.4) is 0 Å². The number of carbonyl (C=O) groups is 2. The molecule has 0 atom stereocenters. The van der Waals surface area contributed by atoms with Gasteiger partial charge in [-0.05, 0) is 37.0 Å². The highest BCUT2D eigenvalue weighted by Crippen LogP contribution is 2.28. The van der Waals surface area contributed by atoms with Crippen molar-refractivity contribution in [3.8, 4) is 0 Å². The van der Waals surface area contributed by atoms with Crippen LogP contribution in [0.4, 0.5) is 5.69 Å². The second kappa shape index (κ2) is 6.61. The lowest BCUT2D eigenvalue weighted by atomic mass is 9.81. The van der Waals surface area contributed by atoms with Crippen molar-refractivity contribution in [3.05, 3.63) is 29.8 Å². The van der Waals surface area contributed by atoms with Gasteiger partial charge in [-0.3, -0.25) is 4.79 Å². The van der Waals surface area contributed by atoms with Crippen molar-refractivity contribution in [2.24, 2.45) is 0 Å². The van der Waals surface area contributed by atoms with Gasteiger partial charge in [0.25, 0.3) is 0 Å². The van der Waals surface area contributed by atoms with Gasteiger partial charge in [0.2, 0.25) is 5.91 Å². The highest BCUT2D eigenvalue weighted by atomic mass is 16.4. The zero-order valence-electron chi connectivity index (χ0n) is 12.1. The van der Waals surface area contributed by atoms with E-state index in [0.29, 0.717) is 24.9 Å². The van der Waals surface area contributed by atoms with Gasteiger partial charge >= 0.3 is 5.97 Å². The molecule has 1 saturated carbocycles. The van der Waals surface area contributed by atoms with E-state index in [-0.39, 0.29) is 12.3 Å². The second-order valence-corrected chi connectivity index (χ2v) is 5.74. The molecule has 0 radical (unpaired) electrons. The van der Waals surface area contributed by atoms with Crippen LogP contribution in [0.2, 0.25) is 0 Å². The molecule has 1 amide bonds. The van der Waals surface area contributed by atoms with Crippen molar-refractivity contribution >= 4 is 17.6 Å². The fourth-order valence-electron chi connectivity index (χ4n) is 2.88. The largest absolute Gasteiger partial charge is 0.480 e. The normalized spacial score (nSPS) is 17.1. The monoisotopic (exact) mass is 290 g/mol. The molecule has 21 heavy (non-hydrogen) atoms. The molecule has 0 aliphatic heterocycles. The number of anilines is 1. The first-order chi connectivity index (χ1) is 10.0. The van der Waals surface area contributed by atoms with E-state index in [4.69, 9.17) is 5.73 Å². The average Bonchev–Trinajstić information content (AvgIpc) is 2.46. The number of carboxylic acid groups (broad SMARTS) is 1. The molecule has 4 N–H and O–H groups in total. The van der Waals surface area contributed by atoms with E-state index in [1.165, 1.54) is 0 Å². The summed E-state index contributed by atoms with van der Waals surface area (Å²) in [5.41, 5.74) is 6.29. The number of nitrogens with two attached hydrogens (primary N) is 1. The predicted molar refractivity (Wildman–Crippen MR) is 80.8 cm³/mol. The van der Waals surface area contributed by atoms with Crippen molar-refractivity contribution in [3.63, 3.8) is 0 Å². The molecule has 1 aliphatic carbocycles. The van der Waals surface area contributed by atoms with Gasteiger partial charge in [0.05, 0.1) is 0 Å². The van der Waals surface area contributed by atoms with Crippen LogP contribution in [0.25, 0.3) is 0 Å². The number of nitrogens with one attached hydrogen (secondary N) is 1. The summed E-state index contributed by atoms with van der Waals surface area (Å²) < 4.78 is 0. The minimum absolute atomic E-state index is 0.207. The molecule has 0 spiro atoms. The molecule has 1 fully saturated rings. The second-order valence-electron chi connectivity index (χ2n) is 5.74. The number of hydrogen-bond donors (Lipinski definition) is 3. The lowest BCUT2D eigenvalue weighted by Gasteiger charge is -2.34. The van der Waals surface area contributed by atoms with Crippen molar-refractivity contribution in [2.75, 3.05) is 5.73 Å². The summed E-state index contributed by atoms with van der Waals surface area (Å²) in [6.45, 7) is 0. The summed E-state index contributed by atoms with van der Waals surface area (Å²) in [5, 5.41) is 12.2. The SMILES string of the molecule is Nc1cccc(CCC(=O)NC2(C(=O)O)CCCCC2)c1. The van der Waals surface area contributed by atoms with Crippen LogP contribution < -0.4 is 11.1 Å². The number of nitrogen functional groups attached to an aromatic ring is 1. The van der Waals surface area contributed by atoms with Crippen LogP contribution in [-0.2, 0) is 16.0 Å². The summed E-state index contributed by atoms with van der Waals surface area (Å²) in [4.78, 5) is 23.6. The third-order valence-corrected chi connectivity index (χ3v) is 4.09. The number of aryl methyl sites for hydroxylation is 1. The van der Waals surface area contributed by atoms with E-state index in [0.717, 1.165) is 24.8 Å². The molecule has 114 valence electrons. The predicted octanol–water partition coefficient (Wildman–Crippen LogP) is 2.11. The molecule has 0 unspecified atom stereocenters. The Hall–Kier alpha value is -2.04. The smallest absolute Gasteiger partial charge is 0.329 e. The summed E-state index contributed by atoms with van der Waals surface area (Å²) in [6.07, 6.45) is 4.61. The molecule has 1 aromatic carbocycles. The van der Waals surface area contributed by atoms with Gasteiger partial charge in [-0.15, -0.1) is 0 Å². The third kappa shape index (κ3) is 3.97. The van der Waals surface area contributed by atoms with E-state index in [2.05, 4.69) is 5.32 Å². The summed E-state index contributed by atoms with van der Waals surface area (Å²) in [6, 6.07) is 7.39. The van der Waals surface area contributed by atoms with E-state index < -0.39 is 11.5 Å². The Kier molecular flexibility index (Phi) is 4.83.